The summed E-state index contributed by atoms with van der Waals surface area (Å²) in [5.41, 5.74) is 6.92. The molecule has 3 heterocycles. The van der Waals surface area contributed by atoms with E-state index in [1.54, 1.807) is 11.3 Å². The maximum Gasteiger partial charge on any atom is 0.193 e. The first-order valence-electron chi connectivity index (χ1n) is 6.11. The van der Waals surface area contributed by atoms with E-state index in [9.17, 15) is 0 Å². The largest absolute Gasteiger partial charge is 0.330 e. The van der Waals surface area contributed by atoms with Crippen LogP contribution in [0.4, 0.5) is 0 Å². The molecule has 2 aromatic heterocycles. The van der Waals surface area contributed by atoms with Crippen LogP contribution in [0.5, 0.6) is 0 Å². The van der Waals surface area contributed by atoms with Crippen molar-refractivity contribution in [3.8, 4) is 0 Å². The Morgan fingerprint density at radius 3 is 3.18 bits per heavy atom. The molecule has 0 saturated carbocycles. The highest BCUT2D eigenvalue weighted by molar-refractivity contribution is 7.15. The maximum absolute atomic E-state index is 5.75. The van der Waals surface area contributed by atoms with Crippen molar-refractivity contribution in [1.29, 1.82) is 0 Å². The van der Waals surface area contributed by atoms with Crippen LogP contribution in [-0.4, -0.2) is 33.4 Å². The average Bonchev–Trinajstić information content (AvgIpc) is 2.94. The third-order valence-corrected chi connectivity index (χ3v) is 4.40. The van der Waals surface area contributed by atoms with Gasteiger partial charge in [-0.15, -0.1) is 11.3 Å². The molecule has 3 rings (SSSR count). The van der Waals surface area contributed by atoms with E-state index in [0.717, 1.165) is 24.6 Å². The quantitative estimate of drug-likeness (QED) is 0.899. The minimum absolute atomic E-state index is 0.628. The monoisotopic (exact) mass is 250 g/mol. The Hall–Kier alpha value is -0.910. The highest BCUT2D eigenvalue weighted by atomic mass is 32.1. The summed E-state index contributed by atoms with van der Waals surface area (Å²) >= 11 is 1.69. The number of thiazole rings is 1. The molecular formula is C12H18N4S. The van der Waals surface area contributed by atoms with Gasteiger partial charge in [0.15, 0.2) is 4.96 Å². The van der Waals surface area contributed by atoms with Crippen molar-refractivity contribution < 1.29 is 0 Å². The lowest BCUT2D eigenvalue weighted by atomic mass is 10.1. The first kappa shape index (κ1) is 11.2. The number of imidazole rings is 1. The summed E-state index contributed by atoms with van der Waals surface area (Å²) in [7, 11) is 0. The Labute approximate surface area is 105 Å². The summed E-state index contributed by atoms with van der Waals surface area (Å²) in [5, 5.41) is 2.06. The van der Waals surface area contributed by atoms with E-state index in [0.29, 0.717) is 12.0 Å². The predicted octanol–water partition coefficient (Wildman–Crippen LogP) is 1.56. The topological polar surface area (TPSA) is 46.6 Å². The van der Waals surface area contributed by atoms with Crippen molar-refractivity contribution in [2.45, 2.75) is 25.9 Å². The number of aromatic nitrogens is 2. The second-order valence-corrected chi connectivity index (χ2v) is 5.81. The lowest BCUT2D eigenvalue weighted by Gasteiger charge is -2.19. The van der Waals surface area contributed by atoms with Crippen molar-refractivity contribution in [2.24, 2.45) is 11.7 Å². The van der Waals surface area contributed by atoms with Crippen molar-refractivity contribution in [1.82, 2.24) is 14.3 Å². The molecule has 4 nitrogen and oxygen atoms in total. The molecule has 1 aliphatic rings. The van der Waals surface area contributed by atoms with Gasteiger partial charge in [-0.3, -0.25) is 9.30 Å². The van der Waals surface area contributed by atoms with Crippen LogP contribution >= 0.6 is 11.3 Å². The van der Waals surface area contributed by atoms with Crippen LogP contribution in [0.15, 0.2) is 17.8 Å². The van der Waals surface area contributed by atoms with E-state index in [1.807, 2.05) is 0 Å². The predicted molar refractivity (Wildman–Crippen MR) is 70.1 cm³/mol. The van der Waals surface area contributed by atoms with E-state index < -0.39 is 0 Å². The van der Waals surface area contributed by atoms with Gasteiger partial charge in [0.2, 0.25) is 0 Å². The molecule has 2 N–H and O–H groups in total. The van der Waals surface area contributed by atoms with Gasteiger partial charge in [0.25, 0.3) is 0 Å². The number of nitrogens with zero attached hydrogens (tertiary/aromatic N) is 3. The molecule has 2 atom stereocenters. The summed E-state index contributed by atoms with van der Waals surface area (Å²) in [4.78, 5) is 8.21. The summed E-state index contributed by atoms with van der Waals surface area (Å²) in [6, 6.07) is 0.628. The van der Waals surface area contributed by atoms with Gasteiger partial charge in [-0.1, -0.05) is 0 Å². The van der Waals surface area contributed by atoms with Crippen LogP contribution in [0.1, 0.15) is 19.0 Å². The number of hydrogen-bond acceptors (Lipinski definition) is 4. The molecule has 0 radical (unpaired) electrons. The standard InChI is InChI=1S/C12H18N4S/c1-9-4-10(5-13)6-16(9)8-11-7-15-2-3-17-12(15)14-11/h2-3,7,9-10H,4-6,8,13H2,1H3. The second-order valence-electron chi connectivity index (χ2n) is 4.94. The van der Waals surface area contributed by atoms with Gasteiger partial charge in [0.05, 0.1) is 5.69 Å². The number of hydrogen-bond donors (Lipinski definition) is 1. The number of nitrogens with two attached hydrogens (primary N) is 1. The van der Waals surface area contributed by atoms with Gasteiger partial charge >= 0.3 is 0 Å². The van der Waals surface area contributed by atoms with Crippen molar-refractivity contribution in [3.05, 3.63) is 23.5 Å². The molecule has 0 aliphatic carbocycles. The zero-order valence-corrected chi connectivity index (χ0v) is 10.9. The van der Waals surface area contributed by atoms with Crippen LogP contribution in [0.2, 0.25) is 0 Å². The fraction of sp³-hybridized carbons (Fsp3) is 0.583. The van der Waals surface area contributed by atoms with E-state index in [-0.39, 0.29) is 0 Å². The lowest BCUT2D eigenvalue weighted by molar-refractivity contribution is 0.253. The fourth-order valence-corrected chi connectivity index (χ4v) is 3.39. The third kappa shape index (κ3) is 2.10. The Morgan fingerprint density at radius 1 is 1.59 bits per heavy atom. The highest BCUT2D eigenvalue weighted by Crippen LogP contribution is 2.24. The van der Waals surface area contributed by atoms with Crippen LogP contribution in [0, 0.1) is 5.92 Å². The second kappa shape index (κ2) is 4.40. The molecule has 17 heavy (non-hydrogen) atoms. The molecule has 0 spiro atoms. The van der Waals surface area contributed by atoms with E-state index in [1.165, 1.54) is 12.1 Å². The van der Waals surface area contributed by atoms with Crippen LogP contribution in [0.25, 0.3) is 4.96 Å². The summed E-state index contributed by atoms with van der Waals surface area (Å²) in [6.45, 7) is 5.15. The van der Waals surface area contributed by atoms with Gasteiger partial charge in [0.1, 0.15) is 0 Å². The first-order valence-corrected chi connectivity index (χ1v) is 6.99. The molecule has 92 valence electrons. The van der Waals surface area contributed by atoms with Gasteiger partial charge in [-0.05, 0) is 25.8 Å². The van der Waals surface area contributed by atoms with Crippen LogP contribution in [-0.2, 0) is 6.54 Å². The van der Waals surface area contributed by atoms with Crippen molar-refractivity contribution >= 4 is 16.3 Å². The Bertz CT molecular complexity index is 475. The van der Waals surface area contributed by atoms with Gasteiger partial charge < -0.3 is 5.73 Å². The number of likely N-dealkylation sites (tertiary alicyclic amines) is 1. The summed E-state index contributed by atoms with van der Waals surface area (Å²) < 4.78 is 2.10. The lowest BCUT2D eigenvalue weighted by Crippen LogP contribution is -2.27. The van der Waals surface area contributed by atoms with Gasteiger partial charge in [0, 0.05) is 36.9 Å². The van der Waals surface area contributed by atoms with Gasteiger partial charge in [-0.25, -0.2) is 4.98 Å². The first-order chi connectivity index (χ1) is 8.26. The van der Waals surface area contributed by atoms with E-state index in [4.69, 9.17) is 5.73 Å². The minimum Gasteiger partial charge on any atom is -0.330 e. The fourth-order valence-electron chi connectivity index (χ4n) is 2.67. The zero-order chi connectivity index (χ0) is 11.8. The summed E-state index contributed by atoms with van der Waals surface area (Å²) in [6.07, 6.45) is 5.42. The molecule has 1 aliphatic heterocycles. The Balaban J connectivity index is 1.72. The molecule has 1 fully saturated rings. The molecule has 5 heteroatoms. The number of rotatable bonds is 3. The van der Waals surface area contributed by atoms with Crippen molar-refractivity contribution in [3.63, 3.8) is 0 Å². The molecule has 2 aromatic rings. The molecule has 1 saturated heterocycles. The molecule has 0 amide bonds. The minimum atomic E-state index is 0.628. The summed E-state index contributed by atoms with van der Waals surface area (Å²) in [5.74, 6) is 0.661. The van der Waals surface area contributed by atoms with Crippen molar-refractivity contribution in [2.75, 3.05) is 13.1 Å². The Morgan fingerprint density at radius 2 is 2.47 bits per heavy atom. The number of fused-ring (bicyclic) bond motifs is 1. The van der Waals surface area contributed by atoms with Gasteiger partial charge in [-0.2, -0.15) is 0 Å². The molecule has 0 aromatic carbocycles. The molecular weight excluding hydrogens is 232 g/mol. The maximum atomic E-state index is 5.75. The highest BCUT2D eigenvalue weighted by Gasteiger charge is 2.28. The van der Waals surface area contributed by atoms with E-state index in [2.05, 4.69) is 39.0 Å². The van der Waals surface area contributed by atoms with Crippen LogP contribution in [0.3, 0.4) is 0 Å². The SMILES string of the molecule is CC1CC(CN)CN1Cc1cn2ccsc2n1. The zero-order valence-electron chi connectivity index (χ0n) is 10.0. The molecule has 0 bridgehead atoms. The Kier molecular flexibility index (Phi) is 2.90. The smallest absolute Gasteiger partial charge is 0.193 e. The van der Waals surface area contributed by atoms with E-state index >= 15 is 0 Å². The normalized spacial score (nSPS) is 26.0. The third-order valence-electron chi connectivity index (χ3n) is 3.63. The van der Waals surface area contributed by atoms with Crippen LogP contribution < -0.4 is 5.73 Å². The average molecular weight is 250 g/mol. The molecule has 2 unspecified atom stereocenters.